The summed E-state index contributed by atoms with van der Waals surface area (Å²) in [5.41, 5.74) is -0.400. The van der Waals surface area contributed by atoms with Gasteiger partial charge in [0.25, 0.3) is 0 Å². The highest BCUT2D eigenvalue weighted by atomic mass is 79.9. The molecule has 0 radical (unpaired) electrons. The van der Waals surface area contributed by atoms with Gasteiger partial charge in [-0.05, 0) is 22.4 Å². The van der Waals surface area contributed by atoms with Crippen LogP contribution in [0.4, 0.5) is 5.82 Å². The van der Waals surface area contributed by atoms with E-state index in [1.807, 2.05) is 0 Å². The molecule has 5 nitrogen and oxygen atoms in total. The fourth-order valence-corrected chi connectivity index (χ4v) is 1.72. The third-order valence-corrected chi connectivity index (χ3v) is 2.83. The van der Waals surface area contributed by atoms with Gasteiger partial charge in [-0.3, -0.25) is 0 Å². The summed E-state index contributed by atoms with van der Waals surface area (Å²) in [6, 6.07) is 0. The molecule has 2 heterocycles. The van der Waals surface area contributed by atoms with E-state index in [4.69, 9.17) is 4.74 Å². The fourth-order valence-electron chi connectivity index (χ4n) is 1.52. The Labute approximate surface area is 96.0 Å². The molecular formula is C9H12BrN3O2. The van der Waals surface area contributed by atoms with Crippen molar-refractivity contribution in [2.45, 2.75) is 12.0 Å². The summed E-state index contributed by atoms with van der Waals surface area (Å²) in [7, 11) is 0. The maximum Gasteiger partial charge on any atom is 0.145 e. The van der Waals surface area contributed by atoms with Crippen molar-refractivity contribution in [3.05, 3.63) is 17.0 Å². The zero-order valence-corrected chi connectivity index (χ0v) is 9.70. The van der Waals surface area contributed by atoms with Crippen molar-refractivity contribution in [3.8, 4) is 0 Å². The molecule has 1 aliphatic rings. The molecule has 1 aromatic rings. The van der Waals surface area contributed by atoms with E-state index in [1.165, 1.54) is 0 Å². The van der Waals surface area contributed by atoms with Gasteiger partial charge in [-0.2, -0.15) is 0 Å². The lowest BCUT2D eigenvalue weighted by Crippen LogP contribution is -2.42. The number of nitrogens with zero attached hydrogens (tertiary/aromatic N) is 2. The van der Waals surface area contributed by atoms with Crippen molar-refractivity contribution < 1.29 is 9.84 Å². The fraction of sp³-hybridized carbons (Fsp3) is 0.556. The van der Waals surface area contributed by atoms with E-state index >= 15 is 0 Å². The summed E-state index contributed by atoms with van der Waals surface area (Å²) >= 11 is 3.21. The van der Waals surface area contributed by atoms with Gasteiger partial charge in [0.2, 0.25) is 0 Å². The van der Waals surface area contributed by atoms with Gasteiger partial charge in [-0.1, -0.05) is 0 Å². The van der Waals surface area contributed by atoms with Crippen LogP contribution in [0.5, 0.6) is 0 Å². The second-order valence-corrected chi connectivity index (χ2v) is 4.40. The zero-order chi connectivity index (χ0) is 10.7. The molecule has 0 bridgehead atoms. The molecule has 0 aliphatic carbocycles. The highest BCUT2D eigenvalue weighted by Crippen LogP contribution is 2.22. The van der Waals surface area contributed by atoms with Gasteiger partial charge in [0.05, 0.1) is 31.1 Å². The first kappa shape index (κ1) is 10.8. The number of hydrogen-bond donors (Lipinski definition) is 2. The topological polar surface area (TPSA) is 67.3 Å². The molecule has 0 saturated carbocycles. The molecule has 0 aromatic carbocycles. The van der Waals surface area contributed by atoms with Crippen molar-refractivity contribution in [2.75, 3.05) is 25.1 Å². The van der Waals surface area contributed by atoms with Gasteiger partial charge < -0.3 is 15.2 Å². The first-order valence-corrected chi connectivity index (χ1v) is 5.48. The summed E-state index contributed by atoms with van der Waals surface area (Å²) in [5.74, 6) is 0.651. The van der Waals surface area contributed by atoms with Crippen molar-refractivity contribution in [3.63, 3.8) is 0 Å². The lowest BCUT2D eigenvalue weighted by atomic mass is 10.0. The van der Waals surface area contributed by atoms with E-state index in [1.54, 1.807) is 12.4 Å². The number of aromatic nitrogens is 2. The van der Waals surface area contributed by atoms with Crippen LogP contribution in [-0.2, 0) is 4.74 Å². The highest BCUT2D eigenvalue weighted by Gasteiger charge is 2.34. The van der Waals surface area contributed by atoms with Crippen LogP contribution in [0.1, 0.15) is 6.42 Å². The maximum absolute atomic E-state index is 9.33. The average Bonchev–Trinajstić information content (AvgIpc) is 2.71. The Balaban J connectivity index is 2.09. The summed E-state index contributed by atoms with van der Waals surface area (Å²) in [6.45, 7) is 1.20. The van der Waals surface area contributed by atoms with E-state index in [-0.39, 0.29) is 6.61 Å². The SMILES string of the molecule is OCC1(Nc2cnc(Br)cn2)CCOC1. The predicted octanol–water partition coefficient (Wildman–Crippen LogP) is 0.802. The molecule has 1 fully saturated rings. The second-order valence-electron chi connectivity index (χ2n) is 3.59. The molecule has 82 valence electrons. The molecule has 1 aliphatic heterocycles. The second kappa shape index (κ2) is 4.42. The lowest BCUT2D eigenvalue weighted by Gasteiger charge is -2.26. The molecule has 1 aromatic heterocycles. The molecule has 1 unspecified atom stereocenters. The third-order valence-electron chi connectivity index (χ3n) is 2.42. The van der Waals surface area contributed by atoms with Crippen LogP contribution in [0.25, 0.3) is 0 Å². The molecule has 0 amide bonds. The van der Waals surface area contributed by atoms with Crippen LogP contribution in [0.15, 0.2) is 17.0 Å². The Kier molecular flexibility index (Phi) is 3.18. The summed E-state index contributed by atoms with van der Waals surface area (Å²) < 4.78 is 5.96. The third kappa shape index (κ3) is 2.45. The first-order chi connectivity index (χ1) is 7.24. The number of halogens is 1. The van der Waals surface area contributed by atoms with Crippen molar-refractivity contribution >= 4 is 21.7 Å². The summed E-state index contributed by atoms with van der Waals surface area (Å²) in [4.78, 5) is 8.20. The van der Waals surface area contributed by atoms with E-state index in [0.717, 1.165) is 6.42 Å². The molecule has 1 saturated heterocycles. The smallest absolute Gasteiger partial charge is 0.145 e. The van der Waals surface area contributed by atoms with Gasteiger partial charge >= 0.3 is 0 Å². The van der Waals surface area contributed by atoms with Crippen molar-refractivity contribution in [1.29, 1.82) is 0 Å². The van der Waals surface area contributed by atoms with Crippen LogP contribution in [-0.4, -0.2) is 40.4 Å². The quantitative estimate of drug-likeness (QED) is 0.853. The molecule has 6 heteroatoms. The minimum atomic E-state index is -0.400. The molecular weight excluding hydrogens is 262 g/mol. The van der Waals surface area contributed by atoms with Crippen LogP contribution >= 0.6 is 15.9 Å². The number of hydrogen-bond acceptors (Lipinski definition) is 5. The van der Waals surface area contributed by atoms with Crippen molar-refractivity contribution in [1.82, 2.24) is 9.97 Å². The van der Waals surface area contributed by atoms with E-state index < -0.39 is 5.54 Å². The number of nitrogens with one attached hydrogen (secondary N) is 1. The Morgan fingerprint density at radius 2 is 2.40 bits per heavy atom. The molecule has 15 heavy (non-hydrogen) atoms. The predicted molar refractivity (Wildman–Crippen MR) is 58.6 cm³/mol. The van der Waals surface area contributed by atoms with Crippen LogP contribution in [0, 0.1) is 0 Å². The first-order valence-electron chi connectivity index (χ1n) is 4.68. The van der Waals surface area contributed by atoms with Crippen LogP contribution in [0.3, 0.4) is 0 Å². The Morgan fingerprint density at radius 1 is 1.53 bits per heavy atom. The summed E-state index contributed by atoms with van der Waals surface area (Å²) in [6.07, 6.45) is 4.02. The van der Waals surface area contributed by atoms with E-state index in [0.29, 0.717) is 23.6 Å². The number of rotatable bonds is 3. The van der Waals surface area contributed by atoms with Gasteiger partial charge in [0, 0.05) is 6.61 Å². The van der Waals surface area contributed by atoms with Gasteiger partial charge in [0.15, 0.2) is 0 Å². The monoisotopic (exact) mass is 273 g/mol. The van der Waals surface area contributed by atoms with Gasteiger partial charge in [-0.15, -0.1) is 0 Å². The van der Waals surface area contributed by atoms with Gasteiger partial charge in [0.1, 0.15) is 10.4 Å². The zero-order valence-electron chi connectivity index (χ0n) is 8.11. The molecule has 2 N–H and O–H groups in total. The van der Waals surface area contributed by atoms with Gasteiger partial charge in [-0.25, -0.2) is 9.97 Å². The molecule has 1 atom stereocenters. The van der Waals surface area contributed by atoms with E-state index in [9.17, 15) is 5.11 Å². The average molecular weight is 274 g/mol. The highest BCUT2D eigenvalue weighted by molar-refractivity contribution is 9.10. The van der Waals surface area contributed by atoms with Crippen LogP contribution < -0.4 is 5.32 Å². The number of aliphatic hydroxyl groups excluding tert-OH is 1. The Morgan fingerprint density at radius 3 is 2.93 bits per heavy atom. The van der Waals surface area contributed by atoms with E-state index in [2.05, 4.69) is 31.2 Å². The number of ether oxygens (including phenoxy) is 1. The Hall–Kier alpha value is -0.720. The maximum atomic E-state index is 9.33. The number of anilines is 1. The molecule has 0 spiro atoms. The van der Waals surface area contributed by atoms with Crippen molar-refractivity contribution in [2.24, 2.45) is 0 Å². The standard InChI is InChI=1S/C9H12BrN3O2/c10-7-3-12-8(4-11-7)13-9(5-14)1-2-15-6-9/h3-4,14H,1-2,5-6H2,(H,12,13). The lowest BCUT2D eigenvalue weighted by molar-refractivity contribution is 0.152. The number of aliphatic hydroxyl groups is 1. The Bertz CT molecular complexity index is 325. The normalized spacial score (nSPS) is 25.5. The minimum absolute atomic E-state index is 0.0325. The van der Waals surface area contributed by atoms with Crippen LogP contribution in [0.2, 0.25) is 0 Å². The molecule has 2 rings (SSSR count). The largest absolute Gasteiger partial charge is 0.394 e. The minimum Gasteiger partial charge on any atom is -0.394 e. The summed E-state index contributed by atoms with van der Waals surface area (Å²) in [5, 5.41) is 12.5.